The third-order valence-electron chi connectivity index (χ3n) is 5.45. The minimum absolute atomic E-state index is 0.0997. The van der Waals surface area contributed by atoms with Crippen LogP contribution >= 0.6 is 0 Å². The molecule has 0 fully saturated rings. The number of aromatic nitrogens is 3. The molecule has 7 heteroatoms. The maximum absolute atomic E-state index is 11.9. The first-order valence-electron chi connectivity index (χ1n) is 9.77. The molecule has 0 amide bonds. The van der Waals surface area contributed by atoms with Crippen LogP contribution in [-0.4, -0.2) is 15.0 Å². The van der Waals surface area contributed by atoms with Crippen LogP contribution in [0.1, 0.15) is 46.1 Å². The molecule has 3 aromatic heterocycles. The molecule has 2 N–H and O–H groups in total. The van der Waals surface area contributed by atoms with Gasteiger partial charge in [0.25, 0.3) is 0 Å². The van der Waals surface area contributed by atoms with E-state index in [2.05, 4.69) is 26.3 Å². The molecule has 0 aliphatic heterocycles. The van der Waals surface area contributed by atoms with Crippen LogP contribution in [0.25, 0.3) is 11.0 Å². The summed E-state index contributed by atoms with van der Waals surface area (Å²) in [7, 11) is 0. The highest BCUT2D eigenvalue weighted by Gasteiger charge is 2.11. The number of nitrogens with zero attached hydrogens (tertiary/aromatic N) is 4. The van der Waals surface area contributed by atoms with Gasteiger partial charge in [-0.2, -0.15) is 10.5 Å². The van der Waals surface area contributed by atoms with Crippen molar-refractivity contribution in [1.29, 1.82) is 10.5 Å². The van der Waals surface area contributed by atoms with Gasteiger partial charge in [0.05, 0.1) is 23.5 Å². The number of H-pyrrole nitrogens is 1. The van der Waals surface area contributed by atoms with E-state index in [1.54, 1.807) is 19.3 Å². The summed E-state index contributed by atoms with van der Waals surface area (Å²) in [5.74, 6) is 0. The zero-order valence-corrected chi connectivity index (χ0v) is 18.9. The first-order chi connectivity index (χ1) is 14.6. The molecule has 0 bridgehead atoms. The summed E-state index contributed by atoms with van der Waals surface area (Å²) in [5, 5.41) is 20.5. The van der Waals surface area contributed by atoms with Crippen LogP contribution in [0.4, 0.5) is 5.69 Å². The van der Waals surface area contributed by atoms with Gasteiger partial charge in [0.2, 0.25) is 5.43 Å². The van der Waals surface area contributed by atoms with Crippen molar-refractivity contribution in [3.8, 4) is 12.1 Å². The molecule has 3 heterocycles. The fourth-order valence-corrected chi connectivity index (χ4v) is 2.90. The SMILES string of the molecule is C/C(C#N)=C/Nc1cnc(C)c(C)c1C.Cc1nc2c(=O)c(C#N)c[nH]c2c(C)c1C. The highest BCUT2D eigenvalue weighted by atomic mass is 16.1. The Bertz CT molecular complexity index is 1320. The van der Waals surface area contributed by atoms with Crippen LogP contribution < -0.4 is 10.7 Å². The number of pyridine rings is 3. The van der Waals surface area contributed by atoms with Gasteiger partial charge in [0, 0.05) is 29.4 Å². The molecule has 7 nitrogen and oxygen atoms in total. The second-order valence-corrected chi connectivity index (χ2v) is 7.40. The molecule has 0 aromatic carbocycles. The number of hydrogen-bond donors (Lipinski definition) is 2. The van der Waals surface area contributed by atoms with E-state index in [-0.39, 0.29) is 11.0 Å². The van der Waals surface area contributed by atoms with Crippen LogP contribution in [0.5, 0.6) is 0 Å². The lowest BCUT2D eigenvalue weighted by Gasteiger charge is -2.09. The summed E-state index contributed by atoms with van der Waals surface area (Å²) >= 11 is 0. The van der Waals surface area contributed by atoms with Gasteiger partial charge >= 0.3 is 0 Å². The average molecular weight is 415 g/mol. The maximum atomic E-state index is 11.9. The van der Waals surface area contributed by atoms with E-state index < -0.39 is 0 Å². The number of anilines is 1. The molecule has 158 valence electrons. The molecule has 0 atom stereocenters. The molecule has 0 saturated heterocycles. The second-order valence-electron chi connectivity index (χ2n) is 7.40. The quantitative estimate of drug-likeness (QED) is 0.593. The van der Waals surface area contributed by atoms with Gasteiger partial charge in [-0.25, -0.2) is 4.98 Å². The van der Waals surface area contributed by atoms with Crippen LogP contribution in [0, 0.1) is 64.2 Å². The van der Waals surface area contributed by atoms with E-state index in [9.17, 15) is 4.79 Å². The highest BCUT2D eigenvalue weighted by Crippen LogP contribution is 2.19. The van der Waals surface area contributed by atoms with Gasteiger partial charge in [-0.15, -0.1) is 0 Å². The Hall–Kier alpha value is -3.97. The van der Waals surface area contributed by atoms with Gasteiger partial charge in [0.15, 0.2) is 0 Å². The summed E-state index contributed by atoms with van der Waals surface area (Å²) in [4.78, 5) is 23.4. The molecule has 0 aliphatic carbocycles. The lowest BCUT2D eigenvalue weighted by molar-refractivity contribution is 1.12. The number of fused-ring (bicyclic) bond motifs is 1. The molecule has 0 aliphatic rings. The zero-order chi connectivity index (χ0) is 23.3. The van der Waals surface area contributed by atoms with Crippen LogP contribution in [0.2, 0.25) is 0 Å². The molecule has 31 heavy (non-hydrogen) atoms. The van der Waals surface area contributed by atoms with Crippen molar-refractivity contribution in [2.75, 3.05) is 5.32 Å². The van der Waals surface area contributed by atoms with Crippen LogP contribution in [0.15, 0.2) is 29.0 Å². The predicted molar refractivity (Wildman–Crippen MR) is 123 cm³/mol. The normalized spacial score (nSPS) is 10.7. The highest BCUT2D eigenvalue weighted by molar-refractivity contribution is 5.80. The van der Waals surface area contributed by atoms with E-state index in [0.717, 1.165) is 28.2 Å². The lowest BCUT2D eigenvalue weighted by atomic mass is 10.1. The number of rotatable bonds is 2. The molecule has 3 rings (SSSR count). The van der Waals surface area contributed by atoms with Crippen LogP contribution in [-0.2, 0) is 0 Å². The van der Waals surface area contributed by atoms with E-state index >= 15 is 0 Å². The number of aromatic amines is 1. The van der Waals surface area contributed by atoms with Gasteiger partial charge < -0.3 is 10.3 Å². The molecular formula is C24H26N6O. The lowest BCUT2D eigenvalue weighted by Crippen LogP contribution is -2.11. The van der Waals surface area contributed by atoms with Crippen molar-refractivity contribution >= 4 is 16.7 Å². The van der Waals surface area contributed by atoms with Crippen LogP contribution in [0.3, 0.4) is 0 Å². The van der Waals surface area contributed by atoms with Crippen molar-refractivity contribution in [3.63, 3.8) is 0 Å². The summed E-state index contributed by atoms with van der Waals surface area (Å²) in [6, 6.07) is 3.92. The third kappa shape index (κ3) is 4.96. The second kappa shape index (κ2) is 9.69. The van der Waals surface area contributed by atoms with Crippen molar-refractivity contribution in [2.24, 2.45) is 0 Å². The Kier molecular flexibility index (Phi) is 7.28. The Balaban J connectivity index is 0.000000221. The van der Waals surface area contributed by atoms with Gasteiger partial charge in [-0.1, -0.05) is 0 Å². The number of aryl methyl sites for hydroxylation is 3. The molecular weight excluding hydrogens is 388 g/mol. The zero-order valence-electron chi connectivity index (χ0n) is 18.9. The first kappa shape index (κ1) is 23.3. The van der Waals surface area contributed by atoms with E-state index in [0.29, 0.717) is 16.6 Å². The largest absolute Gasteiger partial charge is 0.359 e. The average Bonchev–Trinajstić information content (AvgIpc) is 2.76. The van der Waals surface area contributed by atoms with Gasteiger partial charge in [0.1, 0.15) is 17.1 Å². The van der Waals surface area contributed by atoms with Crippen molar-refractivity contribution in [2.45, 2.75) is 48.5 Å². The Labute approximate surface area is 182 Å². The van der Waals surface area contributed by atoms with Gasteiger partial charge in [-0.05, 0) is 70.7 Å². The van der Waals surface area contributed by atoms with Crippen molar-refractivity contribution in [3.05, 3.63) is 73.6 Å². The Morgan fingerprint density at radius 3 is 2.29 bits per heavy atom. The molecule has 3 aromatic rings. The topological polar surface area (TPSA) is 118 Å². The summed E-state index contributed by atoms with van der Waals surface area (Å²) in [6.07, 6.45) is 4.92. The summed E-state index contributed by atoms with van der Waals surface area (Å²) in [5.41, 5.74) is 8.74. The molecule has 0 unspecified atom stereocenters. The fourth-order valence-electron chi connectivity index (χ4n) is 2.90. The molecule has 0 saturated carbocycles. The summed E-state index contributed by atoms with van der Waals surface area (Å²) < 4.78 is 0. The number of nitriles is 2. The maximum Gasteiger partial charge on any atom is 0.225 e. The predicted octanol–water partition coefficient (Wildman–Crippen LogP) is 4.57. The Morgan fingerprint density at radius 2 is 1.68 bits per heavy atom. The third-order valence-corrected chi connectivity index (χ3v) is 5.45. The number of hydrogen-bond acceptors (Lipinski definition) is 6. The standard InChI is InChI=1S/C12H11N3O.C12H15N3/c1-6-7(2)10-11(15-8(6)3)12(16)9(4-13)5-14-10;1-8(5-13)6-15-12-7-14-11(4)9(2)10(12)3/h5H,1-3H3,(H,14,16);6-7,15H,1-4H3/b;8-6-. The summed E-state index contributed by atoms with van der Waals surface area (Å²) in [6.45, 7) is 13.6. The fraction of sp³-hybridized carbons (Fsp3) is 0.292. The minimum atomic E-state index is -0.303. The minimum Gasteiger partial charge on any atom is -0.359 e. The van der Waals surface area contributed by atoms with Gasteiger partial charge in [-0.3, -0.25) is 9.78 Å². The van der Waals surface area contributed by atoms with Crippen molar-refractivity contribution < 1.29 is 0 Å². The number of nitrogens with one attached hydrogen (secondary N) is 2. The Morgan fingerprint density at radius 1 is 1.03 bits per heavy atom. The molecule has 0 spiro atoms. The van der Waals surface area contributed by atoms with E-state index in [4.69, 9.17) is 10.5 Å². The van der Waals surface area contributed by atoms with Crippen molar-refractivity contribution in [1.82, 2.24) is 15.0 Å². The number of allylic oxidation sites excluding steroid dienone is 1. The van der Waals surface area contributed by atoms with E-state index in [1.165, 1.54) is 17.3 Å². The monoisotopic (exact) mass is 414 g/mol. The first-order valence-corrected chi connectivity index (χ1v) is 9.77. The smallest absolute Gasteiger partial charge is 0.225 e. The van der Waals surface area contributed by atoms with E-state index in [1.807, 2.05) is 47.6 Å². The molecule has 0 radical (unpaired) electrons.